The molecule has 1 amide bonds. The van der Waals surface area contributed by atoms with Crippen molar-refractivity contribution in [2.24, 2.45) is 0 Å². The van der Waals surface area contributed by atoms with E-state index in [9.17, 15) is 39.6 Å². The number of nitrogens with one attached hydrogen (secondary N) is 1. The Morgan fingerprint density at radius 1 is 0.864 bits per heavy atom. The molecule has 0 bridgehead atoms. The van der Waals surface area contributed by atoms with Crippen LogP contribution >= 0.6 is 0 Å². The number of fused-ring (bicyclic) bond motifs is 2. The topological polar surface area (TPSA) is 101 Å². The first kappa shape index (κ1) is 31.9. The Morgan fingerprint density at radius 2 is 1.43 bits per heavy atom. The van der Waals surface area contributed by atoms with Gasteiger partial charge in [0.05, 0.1) is 4.90 Å². The van der Waals surface area contributed by atoms with E-state index < -0.39 is 39.5 Å². The number of amides is 1. The first-order valence-electron chi connectivity index (χ1n) is 13.6. The average Bonchev–Trinajstić information content (AvgIpc) is 3.62. The van der Waals surface area contributed by atoms with Crippen LogP contribution in [0, 0.1) is 0 Å². The number of ether oxygens (including phenoxy) is 1. The number of aromatic nitrogens is 2. The molecule has 236 valence electrons. The highest BCUT2D eigenvalue weighted by Crippen LogP contribution is 2.35. The molecule has 0 saturated carbocycles. The smallest absolute Gasteiger partial charge is 0.381 e. The number of rotatable bonds is 3. The van der Waals surface area contributed by atoms with Gasteiger partial charge in [-0.1, -0.05) is 6.07 Å². The lowest BCUT2D eigenvalue weighted by atomic mass is 9.88. The zero-order chi connectivity index (χ0) is 31.9. The second kappa shape index (κ2) is 12.1. The van der Waals surface area contributed by atoms with E-state index in [1.165, 1.54) is 23.2 Å². The molecule has 3 aromatic rings. The minimum atomic E-state index is -4.56. The van der Waals surface area contributed by atoms with Crippen molar-refractivity contribution in [2.75, 3.05) is 19.5 Å². The average molecular weight is 643 g/mol. The van der Waals surface area contributed by atoms with E-state index in [0.29, 0.717) is 55.8 Å². The molecule has 2 aromatic heterocycles. The van der Waals surface area contributed by atoms with Crippen molar-refractivity contribution in [3.05, 3.63) is 87.5 Å². The SMILES string of the molecule is CS(=O)(=O)c1ccc(C2CCOCC2)c(C(=O)N2Cc3cnc(C(F)(F)F)cc3C2)c1.FC(F)(F)c1cc2c(cn1)CNC2. The monoisotopic (exact) mass is 642 g/mol. The van der Waals surface area contributed by atoms with Gasteiger partial charge in [0.1, 0.15) is 11.4 Å². The third-order valence-corrected chi connectivity index (χ3v) is 8.84. The van der Waals surface area contributed by atoms with Gasteiger partial charge in [-0.3, -0.25) is 14.8 Å². The van der Waals surface area contributed by atoms with Gasteiger partial charge in [0.2, 0.25) is 0 Å². The summed E-state index contributed by atoms with van der Waals surface area (Å²) >= 11 is 0. The fourth-order valence-electron chi connectivity index (χ4n) is 5.40. The number of carbonyl (C=O) groups excluding carboxylic acids is 1. The first-order valence-corrected chi connectivity index (χ1v) is 15.5. The third-order valence-electron chi connectivity index (χ3n) is 7.73. The van der Waals surface area contributed by atoms with Crippen LogP contribution in [0.3, 0.4) is 0 Å². The molecule has 1 fully saturated rings. The molecule has 5 heterocycles. The summed E-state index contributed by atoms with van der Waals surface area (Å²) in [4.78, 5) is 21.7. The largest absolute Gasteiger partial charge is 0.433 e. The van der Waals surface area contributed by atoms with Crippen molar-refractivity contribution in [1.29, 1.82) is 0 Å². The van der Waals surface area contributed by atoms with E-state index >= 15 is 0 Å². The number of halogens is 6. The normalized spacial score (nSPS) is 17.1. The van der Waals surface area contributed by atoms with Gasteiger partial charge in [-0.15, -0.1) is 0 Å². The highest BCUT2D eigenvalue weighted by molar-refractivity contribution is 7.90. The summed E-state index contributed by atoms with van der Waals surface area (Å²) < 4.78 is 105. The van der Waals surface area contributed by atoms with E-state index in [1.807, 2.05) is 0 Å². The Morgan fingerprint density at radius 3 is 2.05 bits per heavy atom. The Hall–Kier alpha value is -3.56. The lowest BCUT2D eigenvalue weighted by Crippen LogP contribution is -2.28. The van der Waals surface area contributed by atoms with E-state index in [1.54, 1.807) is 6.07 Å². The standard InChI is InChI=1S/C21H21F3N2O4S.C8H7F3N2/c1-31(28,29)16-2-3-17(13-4-6-30-7-5-13)18(9-16)20(27)26-11-14-8-19(21(22,23)24)25-10-15(14)12-26;9-8(10,11)7-1-5-2-12-3-6(5)4-13-7/h2-3,8-10,13H,4-7,11-12H2,1H3;1,4,12H,2-3H2. The molecular weight excluding hydrogens is 614 g/mol. The molecular formula is C29H28F6N4O4S. The second-order valence-corrected chi connectivity index (χ2v) is 12.9. The molecule has 44 heavy (non-hydrogen) atoms. The molecule has 1 saturated heterocycles. The summed E-state index contributed by atoms with van der Waals surface area (Å²) in [6.07, 6.45) is -3.98. The predicted octanol–water partition coefficient (Wildman–Crippen LogP) is 5.26. The number of hydrogen-bond acceptors (Lipinski definition) is 7. The lowest BCUT2D eigenvalue weighted by Gasteiger charge is -2.26. The van der Waals surface area contributed by atoms with Gasteiger partial charge in [0, 0.05) is 63.6 Å². The zero-order valence-corrected chi connectivity index (χ0v) is 24.2. The third kappa shape index (κ3) is 7.05. The highest BCUT2D eigenvalue weighted by atomic mass is 32.2. The molecule has 0 unspecified atom stereocenters. The molecule has 0 spiro atoms. The maximum absolute atomic E-state index is 13.4. The van der Waals surface area contributed by atoms with Crippen LogP contribution in [-0.2, 0) is 53.1 Å². The van der Waals surface area contributed by atoms with Crippen molar-refractivity contribution in [3.8, 4) is 0 Å². The number of hydrogen-bond donors (Lipinski definition) is 1. The quantitative estimate of drug-likeness (QED) is 0.389. The first-order chi connectivity index (χ1) is 20.6. The Labute approximate surface area is 249 Å². The Kier molecular flexibility index (Phi) is 8.75. The van der Waals surface area contributed by atoms with Crippen molar-refractivity contribution >= 4 is 15.7 Å². The molecule has 8 nitrogen and oxygen atoms in total. The lowest BCUT2D eigenvalue weighted by molar-refractivity contribution is -0.142. The summed E-state index contributed by atoms with van der Waals surface area (Å²) in [5.41, 5.74) is 1.70. The molecule has 15 heteroatoms. The van der Waals surface area contributed by atoms with Crippen LogP contribution in [0.25, 0.3) is 0 Å². The number of sulfone groups is 1. The van der Waals surface area contributed by atoms with Crippen molar-refractivity contribution in [2.45, 2.75) is 62.2 Å². The van der Waals surface area contributed by atoms with E-state index in [4.69, 9.17) is 4.74 Å². The molecule has 0 radical (unpaired) electrons. The summed E-state index contributed by atoms with van der Waals surface area (Å²) in [5.74, 6) is -0.360. The highest BCUT2D eigenvalue weighted by Gasteiger charge is 2.36. The van der Waals surface area contributed by atoms with Gasteiger partial charge in [0.25, 0.3) is 5.91 Å². The van der Waals surface area contributed by atoms with Crippen LogP contribution in [0.4, 0.5) is 26.3 Å². The van der Waals surface area contributed by atoms with Crippen LogP contribution < -0.4 is 5.32 Å². The predicted molar refractivity (Wildman–Crippen MR) is 145 cm³/mol. The Bertz CT molecular complexity index is 1670. The minimum Gasteiger partial charge on any atom is -0.381 e. The second-order valence-electron chi connectivity index (χ2n) is 10.8. The van der Waals surface area contributed by atoms with Crippen molar-refractivity contribution in [3.63, 3.8) is 0 Å². The molecule has 6 rings (SSSR count). The maximum atomic E-state index is 13.4. The van der Waals surface area contributed by atoms with Crippen LogP contribution in [-0.4, -0.2) is 48.7 Å². The fourth-order valence-corrected chi connectivity index (χ4v) is 6.05. The zero-order valence-electron chi connectivity index (χ0n) is 23.4. The maximum Gasteiger partial charge on any atom is 0.433 e. The van der Waals surface area contributed by atoms with Gasteiger partial charge < -0.3 is 15.0 Å². The van der Waals surface area contributed by atoms with Crippen LogP contribution in [0.2, 0.25) is 0 Å². The van der Waals surface area contributed by atoms with Gasteiger partial charge in [0.15, 0.2) is 9.84 Å². The number of carbonyl (C=O) groups is 1. The summed E-state index contributed by atoms with van der Waals surface area (Å²) in [6.45, 7) is 2.34. The molecule has 3 aliphatic rings. The Balaban J connectivity index is 0.000000245. The van der Waals surface area contributed by atoms with E-state index in [0.717, 1.165) is 35.7 Å². The van der Waals surface area contributed by atoms with Gasteiger partial charge >= 0.3 is 12.4 Å². The molecule has 1 N–H and O–H groups in total. The van der Waals surface area contributed by atoms with Gasteiger partial charge in [-0.25, -0.2) is 8.42 Å². The van der Waals surface area contributed by atoms with Crippen molar-refractivity contribution < 1.29 is 44.3 Å². The van der Waals surface area contributed by atoms with Gasteiger partial charge in [-0.2, -0.15) is 26.3 Å². The number of alkyl halides is 6. The molecule has 0 atom stereocenters. The fraction of sp³-hybridized carbons (Fsp3) is 0.414. The number of benzene rings is 1. The molecule has 1 aromatic carbocycles. The molecule has 0 aliphatic carbocycles. The van der Waals surface area contributed by atoms with Crippen LogP contribution in [0.5, 0.6) is 0 Å². The minimum absolute atomic E-state index is 0.0100. The van der Waals surface area contributed by atoms with Crippen LogP contribution in [0.15, 0.2) is 47.6 Å². The summed E-state index contributed by atoms with van der Waals surface area (Å²) in [6, 6.07) is 6.62. The van der Waals surface area contributed by atoms with E-state index in [-0.39, 0.29) is 29.5 Å². The van der Waals surface area contributed by atoms with Crippen LogP contribution in [0.1, 0.15) is 68.3 Å². The summed E-state index contributed by atoms with van der Waals surface area (Å²) in [7, 11) is -3.54. The summed E-state index contributed by atoms with van der Waals surface area (Å²) in [5, 5.41) is 2.96. The molecule has 3 aliphatic heterocycles. The van der Waals surface area contributed by atoms with Gasteiger partial charge in [-0.05, 0) is 70.8 Å². The number of pyridine rings is 2. The van der Waals surface area contributed by atoms with E-state index in [2.05, 4.69) is 15.3 Å². The van der Waals surface area contributed by atoms with Crippen molar-refractivity contribution in [1.82, 2.24) is 20.2 Å². The number of nitrogens with zero attached hydrogens (tertiary/aromatic N) is 3.